The summed E-state index contributed by atoms with van der Waals surface area (Å²) in [5.41, 5.74) is 1.02. The molecule has 2 N–H and O–H groups in total. The number of carboxylic acid groups (broad SMARTS) is 1. The molecule has 0 bridgehead atoms. The first-order chi connectivity index (χ1) is 6.69. The average Bonchev–Trinajstić information content (AvgIpc) is 2.54. The second-order valence-electron chi connectivity index (χ2n) is 3.34. The average molecular weight is 196 g/mol. The highest BCUT2D eigenvalue weighted by atomic mass is 16.4. The van der Waals surface area contributed by atoms with E-state index in [9.17, 15) is 4.79 Å². The van der Waals surface area contributed by atoms with Gasteiger partial charge in [0.2, 0.25) is 0 Å². The molecule has 0 aromatic carbocycles. The maximum absolute atomic E-state index is 10.8. The lowest BCUT2D eigenvalue weighted by Crippen LogP contribution is -2.12. The van der Waals surface area contributed by atoms with Crippen LogP contribution in [0.5, 0.6) is 0 Å². The molecule has 1 unspecified atom stereocenters. The van der Waals surface area contributed by atoms with Gasteiger partial charge in [0, 0.05) is 11.9 Å². The first kappa shape index (κ1) is 10.8. The van der Waals surface area contributed by atoms with Crippen LogP contribution in [-0.4, -0.2) is 21.0 Å². The van der Waals surface area contributed by atoms with Gasteiger partial charge < -0.3 is 10.1 Å². The Morgan fingerprint density at radius 1 is 1.64 bits per heavy atom. The molecule has 4 heteroatoms. The number of carboxylic acids is 1. The summed E-state index contributed by atoms with van der Waals surface area (Å²) in [6.07, 6.45) is 4.24. The van der Waals surface area contributed by atoms with E-state index in [0.29, 0.717) is 12.2 Å². The van der Waals surface area contributed by atoms with Gasteiger partial charge in [0.15, 0.2) is 0 Å². The Balaban J connectivity index is 2.78. The lowest BCUT2D eigenvalue weighted by molar-refractivity contribution is -0.139. The van der Waals surface area contributed by atoms with Crippen LogP contribution in [-0.2, 0) is 11.2 Å². The molecule has 4 nitrogen and oxygen atoms in total. The monoisotopic (exact) mass is 196 g/mol. The third kappa shape index (κ3) is 2.34. The molecule has 78 valence electrons. The fourth-order valence-corrected chi connectivity index (χ4v) is 1.43. The van der Waals surface area contributed by atoms with Crippen molar-refractivity contribution in [3.8, 4) is 0 Å². The third-order valence-corrected chi connectivity index (χ3v) is 2.20. The van der Waals surface area contributed by atoms with Crippen molar-refractivity contribution in [2.24, 2.45) is 0 Å². The molecular formula is C10H16N2O2. The van der Waals surface area contributed by atoms with Gasteiger partial charge in [-0.3, -0.25) is 4.79 Å². The van der Waals surface area contributed by atoms with Gasteiger partial charge in [0.25, 0.3) is 0 Å². The van der Waals surface area contributed by atoms with Crippen LogP contribution in [0.15, 0.2) is 6.20 Å². The molecule has 14 heavy (non-hydrogen) atoms. The van der Waals surface area contributed by atoms with E-state index in [-0.39, 0.29) is 0 Å². The van der Waals surface area contributed by atoms with E-state index in [1.54, 1.807) is 6.20 Å². The standard InChI is InChI=1S/C10H16N2O2/c1-3-5-7-6-11-9(12-7)8(4-2)10(13)14/h6,8H,3-5H2,1-2H3,(H,11,12)(H,13,14). The summed E-state index contributed by atoms with van der Waals surface area (Å²) in [7, 11) is 0. The number of rotatable bonds is 5. The summed E-state index contributed by atoms with van der Waals surface area (Å²) < 4.78 is 0. The molecule has 0 saturated carbocycles. The van der Waals surface area contributed by atoms with E-state index in [2.05, 4.69) is 16.9 Å². The largest absolute Gasteiger partial charge is 0.481 e. The number of nitrogens with zero attached hydrogens (tertiary/aromatic N) is 1. The Kier molecular flexibility index (Phi) is 3.68. The first-order valence-corrected chi connectivity index (χ1v) is 4.95. The summed E-state index contributed by atoms with van der Waals surface area (Å²) >= 11 is 0. The molecule has 1 heterocycles. The van der Waals surface area contributed by atoms with Crippen LogP contribution in [0.3, 0.4) is 0 Å². The molecule has 0 saturated heterocycles. The molecule has 0 fully saturated rings. The van der Waals surface area contributed by atoms with Crippen LogP contribution in [0.25, 0.3) is 0 Å². The Labute approximate surface area is 83.4 Å². The van der Waals surface area contributed by atoms with E-state index in [1.807, 2.05) is 6.92 Å². The van der Waals surface area contributed by atoms with Crippen molar-refractivity contribution >= 4 is 5.97 Å². The third-order valence-electron chi connectivity index (χ3n) is 2.20. The number of imidazole rings is 1. The molecule has 0 aliphatic carbocycles. The number of carbonyl (C=O) groups is 1. The Hall–Kier alpha value is -1.32. The molecule has 0 aliphatic rings. The second-order valence-corrected chi connectivity index (χ2v) is 3.34. The van der Waals surface area contributed by atoms with Gasteiger partial charge in [-0.1, -0.05) is 20.3 Å². The maximum atomic E-state index is 10.8. The van der Waals surface area contributed by atoms with Gasteiger partial charge >= 0.3 is 5.97 Å². The van der Waals surface area contributed by atoms with Gasteiger partial charge in [0.05, 0.1) is 0 Å². The molecule has 1 rings (SSSR count). The summed E-state index contributed by atoms with van der Waals surface area (Å²) in [5, 5.41) is 8.91. The fraction of sp³-hybridized carbons (Fsp3) is 0.600. The smallest absolute Gasteiger partial charge is 0.314 e. The predicted molar refractivity (Wildman–Crippen MR) is 53.3 cm³/mol. The molecule has 0 spiro atoms. The van der Waals surface area contributed by atoms with Crippen LogP contribution in [0.4, 0.5) is 0 Å². The van der Waals surface area contributed by atoms with Crippen molar-refractivity contribution in [2.75, 3.05) is 0 Å². The Morgan fingerprint density at radius 2 is 2.36 bits per heavy atom. The second kappa shape index (κ2) is 4.79. The highest BCUT2D eigenvalue weighted by molar-refractivity contribution is 5.74. The quantitative estimate of drug-likeness (QED) is 0.756. The van der Waals surface area contributed by atoms with Crippen LogP contribution in [0.1, 0.15) is 44.1 Å². The number of nitrogens with one attached hydrogen (secondary N) is 1. The number of H-pyrrole nitrogens is 1. The van der Waals surface area contributed by atoms with Crippen molar-refractivity contribution in [3.63, 3.8) is 0 Å². The van der Waals surface area contributed by atoms with E-state index < -0.39 is 11.9 Å². The van der Waals surface area contributed by atoms with Crippen LogP contribution >= 0.6 is 0 Å². The van der Waals surface area contributed by atoms with E-state index in [0.717, 1.165) is 18.5 Å². The molecular weight excluding hydrogens is 180 g/mol. The maximum Gasteiger partial charge on any atom is 0.314 e. The number of aliphatic carboxylic acids is 1. The van der Waals surface area contributed by atoms with Gasteiger partial charge in [-0.2, -0.15) is 0 Å². The SMILES string of the molecule is CCCc1cnc(C(CC)C(=O)O)[nH]1. The minimum absolute atomic E-state index is 0.499. The normalized spacial score (nSPS) is 12.7. The van der Waals surface area contributed by atoms with Gasteiger partial charge in [-0.25, -0.2) is 4.98 Å². The van der Waals surface area contributed by atoms with E-state index in [4.69, 9.17) is 5.11 Å². The number of hydrogen-bond donors (Lipinski definition) is 2. The zero-order valence-corrected chi connectivity index (χ0v) is 8.58. The van der Waals surface area contributed by atoms with Crippen LogP contribution in [0, 0.1) is 0 Å². The zero-order chi connectivity index (χ0) is 10.6. The topological polar surface area (TPSA) is 66.0 Å². The van der Waals surface area contributed by atoms with Crippen molar-refractivity contribution in [1.82, 2.24) is 9.97 Å². The van der Waals surface area contributed by atoms with Crippen LogP contribution < -0.4 is 0 Å². The zero-order valence-electron chi connectivity index (χ0n) is 8.58. The lowest BCUT2D eigenvalue weighted by atomic mass is 10.1. The van der Waals surface area contributed by atoms with Gasteiger partial charge in [0.1, 0.15) is 11.7 Å². The summed E-state index contributed by atoms with van der Waals surface area (Å²) in [6.45, 7) is 3.93. The number of aromatic nitrogens is 2. The number of aromatic amines is 1. The predicted octanol–water partition coefficient (Wildman–Crippen LogP) is 1.94. The molecule has 1 aromatic heterocycles. The van der Waals surface area contributed by atoms with E-state index >= 15 is 0 Å². The summed E-state index contributed by atoms with van der Waals surface area (Å²) in [4.78, 5) is 18.0. The van der Waals surface area contributed by atoms with E-state index in [1.165, 1.54) is 0 Å². The number of aryl methyl sites for hydroxylation is 1. The highest BCUT2D eigenvalue weighted by Gasteiger charge is 2.20. The van der Waals surface area contributed by atoms with Crippen molar-refractivity contribution in [1.29, 1.82) is 0 Å². The number of hydrogen-bond acceptors (Lipinski definition) is 2. The van der Waals surface area contributed by atoms with Crippen molar-refractivity contribution in [3.05, 3.63) is 17.7 Å². The first-order valence-electron chi connectivity index (χ1n) is 4.95. The van der Waals surface area contributed by atoms with Gasteiger partial charge in [-0.15, -0.1) is 0 Å². The Bertz CT molecular complexity index is 307. The van der Waals surface area contributed by atoms with Crippen LogP contribution in [0.2, 0.25) is 0 Å². The van der Waals surface area contributed by atoms with Crippen molar-refractivity contribution < 1.29 is 9.90 Å². The Morgan fingerprint density at radius 3 is 2.86 bits per heavy atom. The lowest BCUT2D eigenvalue weighted by Gasteiger charge is -2.05. The molecule has 1 aromatic rings. The highest BCUT2D eigenvalue weighted by Crippen LogP contribution is 2.16. The molecule has 1 atom stereocenters. The van der Waals surface area contributed by atoms with Gasteiger partial charge in [-0.05, 0) is 12.8 Å². The fourth-order valence-electron chi connectivity index (χ4n) is 1.43. The summed E-state index contributed by atoms with van der Waals surface area (Å²) in [5.74, 6) is -0.742. The summed E-state index contributed by atoms with van der Waals surface area (Å²) in [6, 6.07) is 0. The van der Waals surface area contributed by atoms with Crippen molar-refractivity contribution in [2.45, 2.75) is 39.0 Å². The molecule has 0 amide bonds. The minimum Gasteiger partial charge on any atom is -0.481 e. The molecule has 0 aliphatic heterocycles. The molecule has 0 radical (unpaired) electrons. The minimum atomic E-state index is -0.815.